The molecule has 1 N–H and O–H groups in total. The summed E-state index contributed by atoms with van der Waals surface area (Å²) < 4.78 is 5.36. The van der Waals surface area contributed by atoms with Crippen molar-refractivity contribution in [2.45, 2.75) is 13.0 Å². The van der Waals surface area contributed by atoms with Crippen LogP contribution >= 0.6 is 0 Å². The van der Waals surface area contributed by atoms with E-state index in [-0.39, 0.29) is 18.0 Å². The van der Waals surface area contributed by atoms with Gasteiger partial charge in [-0.2, -0.15) is 0 Å². The molecule has 21 heavy (non-hydrogen) atoms. The number of nitrogens with zero attached hydrogens (tertiary/aromatic N) is 2. The number of urea groups is 1. The van der Waals surface area contributed by atoms with E-state index in [1.807, 2.05) is 24.0 Å². The first-order chi connectivity index (χ1) is 10.2. The van der Waals surface area contributed by atoms with Gasteiger partial charge in [0, 0.05) is 30.9 Å². The quantitative estimate of drug-likeness (QED) is 0.886. The van der Waals surface area contributed by atoms with Gasteiger partial charge in [-0.1, -0.05) is 6.07 Å². The van der Waals surface area contributed by atoms with Gasteiger partial charge in [-0.25, -0.2) is 4.79 Å². The number of anilines is 1. The van der Waals surface area contributed by atoms with Gasteiger partial charge in [0.25, 0.3) is 5.91 Å². The maximum absolute atomic E-state index is 12.6. The Morgan fingerprint density at radius 1 is 1.38 bits per heavy atom. The van der Waals surface area contributed by atoms with E-state index < -0.39 is 0 Å². The molecule has 1 atom stereocenters. The molecular formula is C15H19N3O3. The first-order valence-electron chi connectivity index (χ1n) is 7.21. The molecule has 6 heteroatoms. The zero-order chi connectivity index (χ0) is 14.8. The molecule has 1 unspecified atom stereocenters. The SMILES string of the molecule is CC1COCCN1C(=O)c1cccc(N2CCNC2=O)c1. The zero-order valence-corrected chi connectivity index (χ0v) is 12.0. The maximum Gasteiger partial charge on any atom is 0.321 e. The predicted octanol–water partition coefficient (Wildman–Crippen LogP) is 1.08. The molecule has 2 aliphatic rings. The van der Waals surface area contributed by atoms with Crippen molar-refractivity contribution >= 4 is 17.6 Å². The molecule has 0 bridgehead atoms. The Balaban J connectivity index is 1.82. The molecular weight excluding hydrogens is 270 g/mol. The molecule has 6 nitrogen and oxygen atoms in total. The van der Waals surface area contributed by atoms with E-state index in [9.17, 15) is 9.59 Å². The van der Waals surface area contributed by atoms with Crippen LogP contribution < -0.4 is 10.2 Å². The van der Waals surface area contributed by atoms with Crippen LogP contribution in [0.4, 0.5) is 10.5 Å². The normalized spacial score (nSPS) is 22.3. The lowest BCUT2D eigenvalue weighted by atomic mass is 10.1. The third kappa shape index (κ3) is 2.71. The number of carbonyl (C=O) groups is 2. The third-order valence-electron chi connectivity index (χ3n) is 3.89. The fourth-order valence-electron chi connectivity index (χ4n) is 2.72. The highest BCUT2D eigenvalue weighted by Gasteiger charge is 2.26. The summed E-state index contributed by atoms with van der Waals surface area (Å²) in [7, 11) is 0. The Morgan fingerprint density at radius 3 is 2.95 bits per heavy atom. The van der Waals surface area contributed by atoms with Crippen LogP contribution in [0.25, 0.3) is 0 Å². The number of morpholine rings is 1. The van der Waals surface area contributed by atoms with Crippen molar-refractivity contribution in [3.63, 3.8) is 0 Å². The van der Waals surface area contributed by atoms with Crippen LogP contribution in [0.5, 0.6) is 0 Å². The van der Waals surface area contributed by atoms with E-state index in [0.717, 1.165) is 5.69 Å². The first kappa shape index (κ1) is 13.9. The molecule has 1 aromatic carbocycles. The minimum absolute atomic E-state index is 0.00717. The smallest absolute Gasteiger partial charge is 0.321 e. The van der Waals surface area contributed by atoms with Gasteiger partial charge in [0.15, 0.2) is 0 Å². The number of rotatable bonds is 2. The average Bonchev–Trinajstić information content (AvgIpc) is 2.93. The van der Waals surface area contributed by atoms with Crippen LogP contribution in [-0.2, 0) is 4.74 Å². The summed E-state index contributed by atoms with van der Waals surface area (Å²) in [6.07, 6.45) is 0. The lowest BCUT2D eigenvalue weighted by molar-refractivity contribution is 0.00359. The Hall–Kier alpha value is -2.08. The molecule has 2 saturated heterocycles. The van der Waals surface area contributed by atoms with Gasteiger partial charge in [-0.15, -0.1) is 0 Å². The molecule has 112 valence electrons. The summed E-state index contributed by atoms with van der Waals surface area (Å²) in [5.41, 5.74) is 1.37. The summed E-state index contributed by atoms with van der Waals surface area (Å²) >= 11 is 0. The van der Waals surface area contributed by atoms with E-state index in [1.54, 1.807) is 17.0 Å². The van der Waals surface area contributed by atoms with E-state index >= 15 is 0 Å². The topological polar surface area (TPSA) is 61.9 Å². The van der Waals surface area contributed by atoms with Crippen LogP contribution in [-0.4, -0.2) is 55.7 Å². The van der Waals surface area contributed by atoms with Crippen molar-refractivity contribution < 1.29 is 14.3 Å². The van der Waals surface area contributed by atoms with Crippen molar-refractivity contribution in [2.24, 2.45) is 0 Å². The van der Waals surface area contributed by atoms with Gasteiger partial charge in [0.1, 0.15) is 0 Å². The monoisotopic (exact) mass is 289 g/mol. The summed E-state index contributed by atoms with van der Waals surface area (Å²) in [5, 5.41) is 2.76. The van der Waals surface area contributed by atoms with E-state index in [0.29, 0.717) is 38.4 Å². The number of amides is 3. The third-order valence-corrected chi connectivity index (χ3v) is 3.89. The Kier molecular flexibility index (Phi) is 3.79. The second-order valence-electron chi connectivity index (χ2n) is 5.36. The van der Waals surface area contributed by atoms with Crippen LogP contribution in [0.3, 0.4) is 0 Å². The van der Waals surface area contributed by atoms with Crippen molar-refractivity contribution in [1.82, 2.24) is 10.2 Å². The first-order valence-corrected chi connectivity index (χ1v) is 7.21. The zero-order valence-electron chi connectivity index (χ0n) is 12.0. The number of ether oxygens (including phenoxy) is 1. The van der Waals surface area contributed by atoms with Gasteiger partial charge in [0.2, 0.25) is 0 Å². The Morgan fingerprint density at radius 2 is 2.24 bits per heavy atom. The molecule has 2 aliphatic heterocycles. The van der Waals surface area contributed by atoms with Crippen LogP contribution in [0.15, 0.2) is 24.3 Å². The fourth-order valence-corrected chi connectivity index (χ4v) is 2.72. The number of benzene rings is 1. The number of nitrogens with one attached hydrogen (secondary N) is 1. The molecule has 2 fully saturated rings. The van der Waals surface area contributed by atoms with E-state index in [1.165, 1.54) is 0 Å². The summed E-state index contributed by atoms with van der Waals surface area (Å²) in [5.74, 6) is -0.00717. The van der Waals surface area contributed by atoms with Gasteiger partial charge >= 0.3 is 6.03 Å². The molecule has 0 saturated carbocycles. The predicted molar refractivity (Wildman–Crippen MR) is 78.5 cm³/mol. The Labute approximate surface area is 123 Å². The summed E-state index contributed by atoms with van der Waals surface area (Å²) in [6, 6.07) is 7.21. The van der Waals surface area contributed by atoms with Gasteiger partial charge in [-0.05, 0) is 25.1 Å². The maximum atomic E-state index is 12.6. The highest BCUT2D eigenvalue weighted by molar-refractivity contribution is 5.98. The Bertz CT molecular complexity index is 561. The fraction of sp³-hybridized carbons (Fsp3) is 0.467. The molecule has 2 heterocycles. The minimum Gasteiger partial charge on any atom is -0.377 e. The second kappa shape index (κ2) is 5.73. The minimum atomic E-state index is -0.112. The molecule has 1 aromatic rings. The van der Waals surface area contributed by atoms with Crippen molar-refractivity contribution in [1.29, 1.82) is 0 Å². The van der Waals surface area contributed by atoms with Crippen LogP contribution in [0.2, 0.25) is 0 Å². The highest BCUT2D eigenvalue weighted by atomic mass is 16.5. The number of hydrogen-bond donors (Lipinski definition) is 1. The molecule has 0 radical (unpaired) electrons. The molecule has 3 amide bonds. The molecule has 0 aromatic heterocycles. The van der Waals surface area contributed by atoms with Crippen molar-refractivity contribution in [3.05, 3.63) is 29.8 Å². The van der Waals surface area contributed by atoms with Gasteiger partial charge < -0.3 is 15.0 Å². The lowest BCUT2D eigenvalue weighted by Gasteiger charge is -2.33. The average molecular weight is 289 g/mol. The van der Waals surface area contributed by atoms with Crippen molar-refractivity contribution in [3.8, 4) is 0 Å². The molecule has 3 rings (SSSR count). The van der Waals surface area contributed by atoms with E-state index in [4.69, 9.17) is 4.74 Å². The van der Waals surface area contributed by atoms with Gasteiger partial charge in [0.05, 0.1) is 19.3 Å². The standard InChI is InChI=1S/C15H19N3O3/c1-11-10-21-8-7-17(11)14(19)12-3-2-4-13(9-12)18-6-5-16-15(18)20/h2-4,9,11H,5-8,10H2,1H3,(H,16,20). The van der Waals surface area contributed by atoms with Gasteiger partial charge in [-0.3, -0.25) is 9.69 Å². The molecule has 0 aliphatic carbocycles. The molecule has 0 spiro atoms. The largest absolute Gasteiger partial charge is 0.377 e. The van der Waals surface area contributed by atoms with E-state index in [2.05, 4.69) is 5.32 Å². The number of hydrogen-bond acceptors (Lipinski definition) is 3. The lowest BCUT2D eigenvalue weighted by Crippen LogP contribution is -2.47. The summed E-state index contributed by atoms with van der Waals surface area (Å²) in [6.45, 7) is 5.00. The highest BCUT2D eigenvalue weighted by Crippen LogP contribution is 2.20. The second-order valence-corrected chi connectivity index (χ2v) is 5.36. The number of carbonyl (C=O) groups excluding carboxylic acids is 2. The van der Waals surface area contributed by atoms with Crippen LogP contribution in [0, 0.1) is 0 Å². The van der Waals surface area contributed by atoms with Crippen LogP contribution in [0.1, 0.15) is 17.3 Å². The summed E-state index contributed by atoms with van der Waals surface area (Å²) in [4.78, 5) is 27.8. The van der Waals surface area contributed by atoms with Crippen molar-refractivity contribution in [2.75, 3.05) is 37.7 Å².